The van der Waals surface area contributed by atoms with E-state index in [9.17, 15) is 26.8 Å². The summed E-state index contributed by atoms with van der Waals surface area (Å²) >= 11 is 1.43. The summed E-state index contributed by atoms with van der Waals surface area (Å²) in [4.78, 5) is 35.5. The lowest BCUT2D eigenvalue weighted by Gasteiger charge is -2.25. The number of carbonyl (C=O) groups excluding carboxylic acids is 2. The molecule has 198 valence electrons. The van der Waals surface area contributed by atoms with E-state index in [2.05, 4.69) is 20.0 Å². The van der Waals surface area contributed by atoms with Crippen molar-refractivity contribution >= 4 is 49.4 Å². The van der Waals surface area contributed by atoms with Gasteiger partial charge >= 0.3 is 16.2 Å². The first-order valence-electron chi connectivity index (χ1n) is 11.1. The van der Waals surface area contributed by atoms with Crippen LogP contribution in [-0.4, -0.2) is 43.4 Å². The van der Waals surface area contributed by atoms with E-state index in [1.54, 1.807) is 46.6 Å². The summed E-state index contributed by atoms with van der Waals surface area (Å²) in [7, 11) is -2.87. The first-order valence-corrected chi connectivity index (χ1v) is 13.5. The minimum atomic E-state index is -4.33. The van der Waals surface area contributed by atoms with E-state index in [-0.39, 0.29) is 18.5 Å². The van der Waals surface area contributed by atoms with Crippen molar-refractivity contribution < 1.29 is 26.8 Å². The molecule has 0 saturated heterocycles. The van der Waals surface area contributed by atoms with Gasteiger partial charge in [0.1, 0.15) is 17.7 Å². The molecule has 1 atom stereocenters. The Kier molecular flexibility index (Phi) is 8.24. The lowest BCUT2D eigenvalue weighted by molar-refractivity contribution is -0.120. The van der Waals surface area contributed by atoms with E-state index in [0.29, 0.717) is 23.0 Å². The number of anilines is 1. The van der Waals surface area contributed by atoms with Crippen LogP contribution in [0.3, 0.4) is 0 Å². The minimum absolute atomic E-state index is 0.0839. The number of urea groups is 1. The molecule has 0 aliphatic heterocycles. The van der Waals surface area contributed by atoms with Crippen molar-refractivity contribution in [3.63, 3.8) is 0 Å². The smallest absolute Gasteiger partial charge is 0.325 e. The number of carbonyl (C=O) groups is 2. The summed E-state index contributed by atoms with van der Waals surface area (Å²) in [5.74, 6) is -2.38. The third-order valence-corrected chi connectivity index (χ3v) is 7.18. The van der Waals surface area contributed by atoms with Crippen LogP contribution in [0.25, 0.3) is 10.2 Å². The molecule has 0 aliphatic carbocycles. The third kappa shape index (κ3) is 7.06. The summed E-state index contributed by atoms with van der Waals surface area (Å²) in [5.41, 5.74) is 3.27. The number of likely N-dealkylation sites (N-methyl/N-ethyl adjacent to an activating group) is 1. The number of amides is 3. The summed E-state index contributed by atoms with van der Waals surface area (Å²) in [6.45, 7) is -0.184. The first-order chi connectivity index (χ1) is 18.1. The maximum atomic E-state index is 13.8. The quantitative estimate of drug-likeness (QED) is 0.288. The van der Waals surface area contributed by atoms with Crippen molar-refractivity contribution in [3.05, 3.63) is 89.2 Å². The average Bonchev–Trinajstić information content (AvgIpc) is 3.34. The predicted octanol–water partition coefficient (Wildman–Crippen LogP) is 2.88. The van der Waals surface area contributed by atoms with Crippen LogP contribution in [0, 0.1) is 11.6 Å². The Balaban J connectivity index is 1.51. The van der Waals surface area contributed by atoms with Crippen LogP contribution in [0.5, 0.6) is 0 Å². The molecule has 3 amide bonds. The SMILES string of the molecule is CN(C(=O)[C@H](Cc1cc(F)cc(F)c1)NC(=O)NS(=O)(=O)NCc1ccccn1)c1ccc2scnc2c1. The Bertz CT molecular complexity index is 1550. The second-order valence-corrected chi connectivity index (χ2v) is 10.5. The van der Waals surface area contributed by atoms with E-state index in [1.165, 1.54) is 29.5 Å². The second-order valence-electron chi connectivity index (χ2n) is 8.16. The molecule has 0 unspecified atom stereocenters. The molecule has 0 fully saturated rings. The van der Waals surface area contributed by atoms with Gasteiger partial charge in [-0.1, -0.05) is 6.07 Å². The molecule has 3 N–H and O–H groups in total. The zero-order valence-corrected chi connectivity index (χ0v) is 21.5. The fourth-order valence-corrected chi connectivity index (χ4v) is 4.97. The lowest BCUT2D eigenvalue weighted by atomic mass is 10.0. The summed E-state index contributed by atoms with van der Waals surface area (Å²) in [6, 6.07) is 10.2. The number of aromatic nitrogens is 2. The van der Waals surface area contributed by atoms with Crippen molar-refractivity contribution in [2.75, 3.05) is 11.9 Å². The van der Waals surface area contributed by atoms with Crippen molar-refractivity contribution in [1.29, 1.82) is 0 Å². The highest BCUT2D eigenvalue weighted by Crippen LogP contribution is 2.24. The number of fused-ring (bicyclic) bond motifs is 1. The monoisotopic (exact) mass is 560 g/mol. The van der Waals surface area contributed by atoms with Gasteiger partial charge in [-0.25, -0.2) is 23.3 Å². The Morgan fingerprint density at radius 1 is 1.05 bits per heavy atom. The Labute approximate surface area is 220 Å². The van der Waals surface area contributed by atoms with Crippen LogP contribution in [-0.2, 0) is 28.0 Å². The average molecular weight is 561 g/mol. The molecule has 2 aromatic heterocycles. The molecule has 0 spiro atoms. The summed E-state index contributed by atoms with van der Waals surface area (Å²) in [6.07, 6.45) is 1.17. The van der Waals surface area contributed by atoms with Gasteiger partial charge in [0.2, 0.25) is 5.91 Å². The number of halogens is 2. The van der Waals surface area contributed by atoms with Gasteiger partial charge in [0.05, 0.1) is 28.0 Å². The molecule has 0 radical (unpaired) electrons. The molecule has 2 aromatic carbocycles. The van der Waals surface area contributed by atoms with Crippen molar-refractivity contribution in [2.45, 2.75) is 19.0 Å². The number of rotatable bonds is 9. The maximum absolute atomic E-state index is 13.8. The zero-order chi connectivity index (χ0) is 27.3. The van der Waals surface area contributed by atoms with Crippen LogP contribution in [0.15, 0.2) is 66.3 Å². The van der Waals surface area contributed by atoms with Crippen LogP contribution in [0.2, 0.25) is 0 Å². The molecule has 14 heteroatoms. The normalized spacial score (nSPS) is 12.2. The fourth-order valence-electron chi connectivity index (χ4n) is 3.60. The Morgan fingerprint density at radius 3 is 2.53 bits per heavy atom. The van der Waals surface area contributed by atoms with E-state index in [1.807, 2.05) is 0 Å². The minimum Gasteiger partial charge on any atom is -0.325 e. The summed E-state index contributed by atoms with van der Waals surface area (Å²) in [5, 5.41) is 2.31. The molecule has 4 rings (SSSR count). The Morgan fingerprint density at radius 2 is 1.82 bits per heavy atom. The molecule has 2 heterocycles. The van der Waals surface area contributed by atoms with Crippen molar-refractivity contribution in [1.82, 2.24) is 24.7 Å². The number of pyridine rings is 1. The standard InChI is InChI=1S/C24H22F2N6O4S2/c1-32(19-5-6-22-20(12-19)28-14-37-22)23(33)21(10-15-8-16(25)11-17(26)9-15)30-24(34)31-38(35,36)29-13-18-4-2-3-7-27-18/h2-9,11-12,14,21,29H,10,13H2,1H3,(H2,30,31,34)/t21-/m0/s1. The second kappa shape index (κ2) is 11.6. The molecule has 38 heavy (non-hydrogen) atoms. The van der Waals surface area contributed by atoms with Gasteiger partial charge in [-0.2, -0.15) is 13.1 Å². The molecule has 0 bridgehead atoms. The number of hydrogen-bond donors (Lipinski definition) is 3. The van der Waals surface area contributed by atoms with E-state index in [0.717, 1.165) is 16.8 Å². The molecule has 4 aromatic rings. The number of hydrogen-bond acceptors (Lipinski definition) is 7. The number of nitrogens with zero attached hydrogens (tertiary/aromatic N) is 3. The molecular formula is C24H22F2N6O4S2. The van der Waals surface area contributed by atoms with Crippen LogP contribution in [0.4, 0.5) is 19.3 Å². The first kappa shape index (κ1) is 27.0. The number of nitrogens with one attached hydrogen (secondary N) is 3. The van der Waals surface area contributed by atoms with Gasteiger partial charge in [0, 0.05) is 31.4 Å². The van der Waals surface area contributed by atoms with Crippen LogP contribution >= 0.6 is 11.3 Å². The van der Waals surface area contributed by atoms with Gasteiger partial charge in [0.25, 0.3) is 0 Å². The molecular weight excluding hydrogens is 538 g/mol. The van der Waals surface area contributed by atoms with Gasteiger partial charge in [0.15, 0.2) is 0 Å². The van der Waals surface area contributed by atoms with Crippen molar-refractivity contribution in [2.24, 2.45) is 0 Å². The van der Waals surface area contributed by atoms with Gasteiger partial charge < -0.3 is 10.2 Å². The van der Waals surface area contributed by atoms with Gasteiger partial charge in [-0.05, 0) is 48.0 Å². The lowest BCUT2D eigenvalue weighted by Crippen LogP contribution is -2.54. The topological polar surface area (TPSA) is 133 Å². The van der Waals surface area contributed by atoms with E-state index >= 15 is 0 Å². The number of thiazole rings is 1. The maximum Gasteiger partial charge on any atom is 0.330 e. The molecule has 0 saturated carbocycles. The van der Waals surface area contributed by atoms with Crippen LogP contribution < -0.4 is 19.7 Å². The highest BCUT2D eigenvalue weighted by Gasteiger charge is 2.27. The molecule has 0 aliphatic rings. The fraction of sp³-hybridized carbons (Fsp3) is 0.167. The van der Waals surface area contributed by atoms with Crippen molar-refractivity contribution in [3.8, 4) is 0 Å². The third-order valence-electron chi connectivity index (χ3n) is 5.39. The van der Waals surface area contributed by atoms with Gasteiger partial charge in [-0.3, -0.25) is 9.78 Å². The molecule has 10 nitrogen and oxygen atoms in total. The van der Waals surface area contributed by atoms with E-state index < -0.39 is 39.8 Å². The zero-order valence-electron chi connectivity index (χ0n) is 19.9. The van der Waals surface area contributed by atoms with Gasteiger partial charge in [-0.15, -0.1) is 11.3 Å². The van der Waals surface area contributed by atoms with E-state index in [4.69, 9.17) is 0 Å². The Hall–Kier alpha value is -4.01. The highest BCUT2D eigenvalue weighted by molar-refractivity contribution is 7.88. The highest BCUT2D eigenvalue weighted by atomic mass is 32.2. The van der Waals surface area contributed by atoms with Crippen LogP contribution in [0.1, 0.15) is 11.3 Å². The number of benzene rings is 2. The summed E-state index contributed by atoms with van der Waals surface area (Å²) < 4.78 is 57.2. The largest absolute Gasteiger partial charge is 0.330 e. The predicted molar refractivity (Wildman–Crippen MR) is 139 cm³/mol.